The number of hydrogen-bond donors (Lipinski definition) is 1. The molecule has 1 fully saturated rings. The number of hydrogen-bond acceptors (Lipinski definition) is 5. The van der Waals surface area contributed by atoms with E-state index >= 15 is 0 Å². The predicted molar refractivity (Wildman–Crippen MR) is 95.7 cm³/mol. The smallest absolute Gasteiger partial charge is 0.320 e. The summed E-state index contributed by atoms with van der Waals surface area (Å²) in [7, 11) is 0. The molecule has 0 bridgehead atoms. The summed E-state index contributed by atoms with van der Waals surface area (Å²) in [6, 6.07) is 10.8. The molecule has 136 valence electrons. The number of halogens is 1. The summed E-state index contributed by atoms with van der Waals surface area (Å²) in [5.74, 6) is -0.450. The zero-order valence-corrected chi connectivity index (χ0v) is 14.6. The maximum atomic E-state index is 11.4. The fourth-order valence-electron chi connectivity index (χ4n) is 3.07. The minimum Gasteiger partial charge on any atom is -0.480 e. The van der Waals surface area contributed by atoms with Crippen molar-refractivity contribution in [1.82, 2.24) is 4.90 Å². The zero-order chi connectivity index (χ0) is 18.7. The molecule has 0 radical (unpaired) electrons. The van der Waals surface area contributed by atoms with Gasteiger partial charge < -0.3 is 9.84 Å². The van der Waals surface area contributed by atoms with E-state index in [9.17, 15) is 20.0 Å². The van der Waals surface area contributed by atoms with Crippen molar-refractivity contribution >= 4 is 23.3 Å². The number of nitro benzene ring substituents is 1. The van der Waals surface area contributed by atoms with Crippen molar-refractivity contribution in [3.05, 3.63) is 63.2 Å². The van der Waals surface area contributed by atoms with Crippen molar-refractivity contribution in [2.24, 2.45) is 0 Å². The molecule has 0 saturated carbocycles. The van der Waals surface area contributed by atoms with E-state index in [1.165, 1.54) is 12.1 Å². The van der Waals surface area contributed by atoms with Gasteiger partial charge in [-0.3, -0.25) is 19.8 Å². The summed E-state index contributed by atoms with van der Waals surface area (Å²) in [4.78, 5) is 24.0. The Morgan fingerprint density at radius 3 is 2.77 bits per heavy atom. The average Bonchev–Trinajstić information content (AvgIpc) is 3.06. The van der Waals surface area contributed by atoms with E-state index in [1.807, 2.05) is 4.90 Å². The number of rotatable bonds is 6. The van der Waals surface area contributed by atoms with E-state index in [2.05, 4.69) is 0 Å². The van der Waals surface area contributed by atoms with Crippen LogP contribution in [0.15, 0.2) is 42.5 Å². The highest BCUT2D eigenvalue weighted by atomic mass is 35.5. The topological polar surface area (TPSA) is 92.9 Å². The number of carboxylic acid groups (broad SMARTS) is 1. The second-order valence-electron chi connectivity index (χ2n) is 6.06. The van der Waals surface area contributed by atoms with Gasteiger partial charge in [-0.15, -0.1) is 0 Å². The molecule has 1 atom stereocenters. The van der Waals surface area contributed by atoms with Gasteiger partial charge in [0.15, 0.2) is 0 Å². The number of nitrogens with zero attached hydrogens (tertiary/aromatic N) is 2. The fraction of sp³-hybridized carbons (Fsp3) is 0.278. The number of para-hydroxylation sites is 1. The van der Waals surface area contributed by atoms with E-state index in [0.29, 0.717) is 35.8 Å². The predicted octanol–water partition coefficient (Wildman–Crippen LogP) is 4.09. The SMILES string of the molecule is O=C(O)[C@@H]1CCCN1Cc1ccc(Oc2ccccc2Cl)c([N+](=O)[O-])c1. The van der Waals surface area contributed by atoms with Gasteiger partial charge in [-0.25, -0.2) is 0 Å². The Kier molecular flexibility index (Phi) is 5.39. The molecule has 0 aromatic heterocycles. The molecule has 8 heteroatoms. The van der Waals surface area contributed by atoms with E-state index in [-0.39, 0.29) is 11.4 Å². The third-order valence-electron chi connectivity index (χ3n) is 4.31. The lowest BCUT2D eigenvalue weighted by Gasteiger charge is -2.21. The third-order valence-corrected chi connectivity index (χ3v) is 4.62. The van der Waals surface area contributed by atoms with Crippen LogP contribution in [0.2, 0.25) is 5.02 Å². The summed E-state index contributed by atoms with van der Waals surface area (Å²) in [6.07, 6.45) is 1.39. The van der Waals surface area contributed by atoms with E-state index < -0.39 is 16.9 Å². The van der Waals surface area contributed by atoms with Crippen molar-refractivity contribution in [3.8, 4) is 11.5 Å². The molecule has 1 aliphatic heterocycles. The number of aliphatic carboxylic acids is 1. The molecule has 1 heterocycles. The molecule has 7 nitrogen and oxygen atoms in total. The molecule has 0 amide bonds. The van der Waals surface area contributed by atoms with Crippen molar-refractivity contribution in [3.63, 3.8) is 0 Å². The number of nitro groups is 1. The quantitative estimate of drug-likeness (QED) is 0.603. The molecular weight excluding hydrogens is 360 g/mol. The molecule has 0 spiro atoms. The van der Waals surface area contributed by atoms with Gasteiger partial charge >= 0.3 is 11.7 Å². The van der Waals surface area contributed by atoms with Gasteiger partial charge in [0, 0.05) is 12.6 Å². The second kappa shape index (κ2) is 7.72. The van der Waals surface area contributed by atoms with Gasteiger partial charge in [0.1, 0.15) is 11.8 Å². The van der Waals surface area contributed by atoms with Gasteiger partial charge in [0.25, 0.3) is 0 Å². The molecule has 1 N–H and O–H groups in total. The molecule has 1 saturated heterocycles. The number of carbonyl (C=O) groups is 1. The fourth-order valence-corrected chi connectivity index (χ4v) is 3.24. The summed E-state index contributed by atoms with van der Waals surface area (Å²) < 4.78 is 5.60. The Morgan fingerprint density at radius 2 is 2.08 bits per heavy atom. The van der Waals surface area contributed by atoms with Crippen LogP contribution in [-0.4, -0.2) is 33.5 Å². The third kappa shape index (κ3) is 3.95. The Balaban J connectivity index is 1.84. The summed E-state index contributed by atoms with van der Waals surface area (Å²) >= 11 is 6.04. The zero-order valence-electron chi connectivity index (χ0n) is 13.8. The minimum atomic E-state index is -0.865. The highest BCUT2D eigenvalue weighted by Crippen LogP contribution is 2.35. The summed E-state index contributed by atoms with van der Waals surface area (Å²) in [5, 5.41) is 21.1. The number of likely N-dealkylation sites (tertiary alicyclic amines) is 1. The standard InChI is InChI=1S/C18H17ClN2O5/c19-13-4-1-2-6-16(13)26-17-8-7-12(10-15(17)21(24)25)11-20-9-3-5-14(20)18(22)23/h1-2,4,6-8,10,14H,3,5,9,11H2,(H,22,23)/t14-/m0/s1. The molecular formula is C18H17ClN2O5. The van der Waals surface area contributed by atoms with Crippen molar-refractivity contribution in [1.29, 1.82) is 0 Å². The first-order valence-electron chi connectivity index (χ1n) is 8.12. The number of carboxylic acids is 1. The molecule has 0 aliphatic carbocycles. The first-order valence-corrected chi connectivity index (χ1v) is 8.50. The molecule has 26 heavy (non-hydrogen) atoms. The van der Waals surface area contributed by atoms with Crippen molar-refractivity contribution in [2.75, 3.05) is 6.54 Å². The normalized spacial score (nSPS) is 17.2. The van der Waals surface area contributed by atoms with Crippen LogP contribution in [0, 0.1) is 10.1 Å². The van der Waals surface area contributed by atoms with Crippen molar-refractivity contribution < 1.29 is 19.6 Å². The molecule has 0 unspecified atom stereocenters. The maximum Gasteiger partial charge on any atom is 0.320 e. The van der Waals surface area contributed by atoms with E-state index in [0.717, 1.165) is 6.42 Å². The van der Waals surface area contributed by atoms with Crippen LogP contribution in [0.25, 0.3) is 0 Å². The Morgan fingerprint density at radius 1 is 1.31 bits per heavy atom. The molecule has 3 rings (SSSR count). The van der Waals surface area contributed by atoms with Crippen LogP contribution in [0.4, 0.5) is 5.69 Å². The second-order valence-corrected chi connectivity index (χ2v) is 6.47. The largest absolute Gasteiger partial charge is 0.480 e. The molecule has 2 aromatic rings. The van der Waals surface area contributed by atoms with Gasteiger partial charge in [0.05, 0.1) is 9.95 Å². The Hall–Kier alpha value is -2.64. The molecule has 2 aromatic carbocycles. The van der Waals surface area contributed by atoms with Gasteiger partial charge in [-0.05, 0) is 43.1 Å². The van der Waals surface area contributed by atoms with Crippen molar-refractivity contribution in [2.45, 2.75) is 25.4 Å². The van der Waals surface area contributed by atoms with Crippen LogP contribution in [-0.2, 0) is 11.3 Å². The van der Waals surface area contributed by atoms with Crippen LogP contribution < -0.4 is 4.74 Å². The first kappa shape index (κ1) is 18.2. The van der Waals surface area contributed by atoms with Crippen LogP contribution in [0.3, 0.4) is 0 Å². The lowest BCUT2D eigenvalue weighted by molar-refractivity contribution is -0.385. The maximum absolute atomic E-state index is 11.4. The number of benzene rings is 2. The Bertz CT molecular complexity index is 842. The highest BCUT2D eigenvalue weighted by Gasteiger charge is 2.30. The number of ether oxygens (including phenoxy) is 1. The van der Waals surface area contributed by atoms with Gasteiger partial charge in [-0.2, -0.15) is 0 Å². The highest BCUT2D eigenvalue weighted by molar-refractivity contribution is 6.32. The first-order chi connectivity index (χ1) is 12.5. The van der Waals surface area contributed by atoms with Crippen LogP contribution in [0.1, 0.15) is 18.4 Å². The summed E-state index contributed by atoms with van der Waals surface area (Å²) in [6.45, 7) is 0.993. The van der Waals surface area contributed by atoms with Crippen LogP contribution >= 0.6 is 11.6 Å². The lowest BCUT2D eigenvalue weighted by atomic mass is 10.1. The van der Waals surface area contributed by atoms with Gasteiger partial charge in [0.2, 0.25) is 5.75 Å². The van der Waals surface area contributed by atoms with Crippen LogP contribution in [0.5, 0.6) is 11.5 Å². The van der Waals surface area contributed by atoms with Gasteiger partial charge in [-0.1, -0.05) is 29.8 Å². The lowest BCUT2D eigenvalue weighted by Crippen LogP contribution is -2.35. The van der Waals surface area contributed by atoms with E-state index in [4.69, 9.17) is 16.3 Å². The monoisotopic (exact) mass is 376 g/mol. The Labute approximate surface area is 154 Å². The molecule has 1 aliphatic rings. The average molecular weight is 377 g/mol. The summed E-state index contributed by atoms with van der Waals surface area (Å²) in [5.41, 5.74) is 0.477. The van der Waals surface area contributed by atoms with E-state index in [1.54, 1.807) is 30.3 Å². The minimum absolute atomic E-state index is 0.0862.